The fraction of sp³-hybridized carbons (Fsp3) is 0.357. The molecule has 0 radical (unpaired) electrons. The van der Waals surface area contributed by atoms with Crippen molar-refractivity contribution >= 4 is 10.0 Å². The van der Waals surface area contributed by atoms with E-state index in [1.165, 1.54) is 6.07 Å². The number of aryl methyl sites for hydroxylation is 1. The SMILES string of the molecule is CC(C)c1cc(S(N)(=O)=O)ccc1OCc1ccn(C)n1. The van der Waals surface area contributed by atoms with Crippen LogP contribution in [0.5, 0.6) is 5.75 Å². The molecule has 21 heavy (non-hydrogen) atoms. The van der Waals surface area contributed by atoms with Crippen LogP contribution >= 0.6 is 0 Å². The molecule has 0 spiro atoms. The summed E-state index contributed by atoms with van der Waals surface area (Å²) in [5, 5.41) is 9.40. The fourth-order valence-electron chi connectivity index (χ4n) is 1.98. The molecule has 0 aliphatic carbocycles. The molecule has 0 fully saturated rings. The number of ether oxygens (including phenoxy) is 1. The van der Waals surface area contributed by atoms with Crippen molar-refractivity contribution in [2.24, 2.45) is 12.2 Å². The van der Waals surface area contributed by atoms with Crippen molar-refractivity contribution in [3.05, 3.63) is 41.7 Å². The number of primary sulfonamides is 1. The zero-order valence-corrected chi connectivity index (χ0v) is 13.1. The highest BCUT2D eigenvalue weighted by Gasteiger charge is 2.15. The maximum Gasteiger partial charge on any atom is 0.238 e. The first-order valence-corrected chi connectivity index (χ1v) is 8.10. The molecule has 0 aliphatic heterocycles. The fourth-order valence-corrected chi connectivity index (χ4v) is 2.53. The first-order valence-electron chi connectivity index (χ1n) is 6.55. The molecular weight excluding hydrogens is 290 g/mol. The third-order valence-corrected chi connectivity index (χ3v) is 3.99. The molecule has 1 aromatic heterocycles. The number of nitrogens with two attached hydrogens (primary N) is 1. The summed E-state index contributed by atoms with van der Waals surface area (Å²) >= 11 is 0. The quantitative estimate of drug-likeness (QED) is 0.912. The Hall–Kier alpha value is -1.86. The van der Waals surface area contributed by atoms with Crippen molar-refractivity contribution in [2.45, 2.75) is 31.3 Å². The van der Waals surface area contributed by atoms with Crippen LogP contribution in [0.2, 0.25) is 0 Å². The van der Waals surface area contributed by atoms with Crippen LogP contribution in [0.25, 0.3) is 0 Å². The molecule has 0 unspecified atom stereocenters. The Morgan fingerprint density at radius 2 is 2.05 bits per heavy atom. The molecule has 0 saturated heterocycles. The maximum absolute atomic E-state index is 11.4. The highest BCUT2D eigenvalue weighted by atomic mass is 32.2. The van der Waals surface area contributed by atoms with Gasteiger partial charge in [-0.3, -0.25) is 4.68 Å². The average Bonchev–Trinajstić information content (AvgIpc) is 2.80. The summed E-state index contributed by atoms with van der Waals surface area (Å²) in [6, 6.07) is 6.52. The maximum atomic E-state index is 11.4. The summed E-state index contributed by atoms with van der Waals surface area (Å²) in [6.07, 6.45) is 1.84. The van der Waals surface area contributed by atoms with Crippen molar-refractivity contribution < 1.29 is 13.2 Å². The Bertz CT molecular complexity index is 736. The van der Waals surface area contributed by atoms with Crippen LogP contribution in [0.3, 0.4) is 0 Å². The molecule has 2 aromatic rings. The molecule has 7 heteroatoms. The van der Waals surface area contributed by atoms with Crippen LogP contribution in [-0.4, -0.2) is 18.2 Å². The Kier molecular flexibility index (Phi) is 4.34. The molecule has 114 valence electrons. The van der Waals surface area contributed by atoms with Gasteiger partial charge in [0.15, 0.2) is 0 Å². The van der Waals surface area contributed by atoms with E-state index >= 15 is 0 Å². The van der Waals surface area contributed by atoms with Gasteiger partial charge in [-0.2, -0.15) is 5.10 Å². The van der Waals surface area contributed by atoms with Crippen molar-refractivity contribution in [1.82, 2.24) is 9.78 Å². The zero-order chi connectivity index (χ0) is 15.6. The summed E-state index contributed by atoms with van der Waals surface area (Å²) in [7, 11) is -1.87. The van der Waals surface area contributed by atoms with Crippen LogP contribution in [0.1, 0.15) is 31.0 Å². The molecular formula is C14H19N3O3S. The van der Waals surface area contributed by atoms with Crippen molar-refractivity contribution in [1.29, 1.82) is 0 Å². The number of hydrogen-bond acceptors (Lipinski definition) is 4. The number of nitrogens with zero attached hydrogens (tertiary/aromatic N) is 2. The van der Waals surface area contributed by atoms with Crippen LogP contribution in [0.15, 0.2) is 35.4 Å². The molecule has 0 saturated carbocycles. The van der Waals surface area contributed by atoms with E-state index in [-0.39, 0.29) is 10.8 Å². The Balaban J connectivity index is 2.26. The molecule has 1 aromatic carbocycles. The van der Waals surface area contributed by atoms with Gasteiger partial charge in [-0.05, 0) is 35.7 Å². The summed E-state index contributed by atoms with van der Waals surface area (Å²) in [5.74, 6) is 0.758. The first-order chi connectivity index (χ1) is 9.77. The van der Waals surface area contributed by atoms with Crippen molar-refractivity contribution in [3.8, 4) is 5.75 Å². The summed E-state index contributed by atoms with van der Waals surface area (Å²) in [4.78, 5) is 0.0939. The Morgan fingerprint density at radius 3 is 2.57 bits per heavy atom. The van der Waals surface area contributed by atoms with Crippen LogP contribution in [0, 0.1) is 0 Å². The van der Waals surface area contributed by atoms with Gasteiger partial charge in [0, 0.05) is 13.2 Å². The van der Waals surface area contributed by atoms with Crippen LogP contribution in [0.4, 0.5) is 0 Å². The summed E-state index contributed by atoms with van der Waals surface area (Å²) in [6.45, 7) is 4.26. The smallest absolute Gasteiger partial charge is 0.238 e. The van der Waals surface area contributed by atoms with Crippen LogP contribution in [-0.2, 0) is 23.7 Å². The largest absolute Gasteiger partial charge is 0.487 e. The summed E-state index contributed by atoms with van der Waals surface area (Å²) < 4.78 is 30.3. The molecule has 0 aliphatic rings. The van der Waals surface area contributed by atoms with Gasteiger partial charge in [0.25, 0.3) is 0 Å². The standard InChI is InChI=1S/C14H19N3O3S/c1-10(2)13-8-12(21(15,18)19)4-5-14(13)20-9-11-6-7-17(3)16-11/h4-8,10H,9H2,1-3H3,(H2,15,18,19). The second-order valence-corrected chi connectivity index (χ2v) is 6.73. The van der Waals surface area contributed by atoms with Gasteiger partial charge in [-0.15, -0.1) is 0 Å². The van der Waals surface area contributed by atoms with Crippen LogP contribution < -0.4 is 9.88 Å². The van der Waals surface area contributed by atoms with E-state index in [0.29, 0.717) is 12.4 Å². The minimum absolute atomic E-state index is 0.0939. The lowest BCUT2D eigenvalue weighted by atomic mass is 10.0. The second-order valence-electron chi connectivity index (χ2n) is 5.17. The molecule has 2 rings (SSSR count). The van der Waals surface area contributed by atoms with E-state index in [1.54, 1.807) is 16.8 Å². The van der Waals surface area contributed by atoms with Gasteiger partial charge in [0.05, 0.1) is 10.6 Å². The van der Waals surface area contributed by atoms with E-state index < -0.39 is 10.0 Å². The van der Waals surface area contributed by atoms with Gasteiger partial charge < -0.3 is 4.74 Å². The number of benzene rings is 1. The van der Waals surface area contributed by atoms with E-state index in [9.17, 15) is 8.42 Å². The lowest BCUT2D eigenvalue weighted by Gasteiger charge is -2.14. The lowest BCUT2D eigenvalue weighted by Crippen LogP contribution is -2.13. The number of aromatic nitrogens is 2. The molecule has 2 N–H and O–H groups in total. The van der Waals surface area contributed by atoms with E-state index in [0.717, 1.165) is 11.3 Å². The number of sulfonamides is 1. The minimum atomic E-state index is -3.71. The lowest BCUT2D eigenvalue weighted by molar-refractivity contribution is 0.295. The molecule has 0 bridgehead atoms. The predicted octanol–water partition coefficient (Wildman–Crippen LogP) is 1.77. The monoisotopic (exact) mass is 309 g/mol. The summed E-state index contributed by atoms with van der Waals surface area (Å²) in [5.41, 5.74) is 1.61. The highest BCUT2D eigenvalue weighted by molar-refractivity contribution is 7.89. The third kappa shape index (κ3) is 3.83. The minimum Gasteiger partial charge on any atom is -0.487 e. The van der Waals surface area contributed by atoms with E-state index in [1.807, 2.05) is 33.2 Å². The average molecular weight is 309 g/mol. The van der Waals surface area contributed by atoms with Crippen molar-refractivity contribution in [3.63, 3.8) is 0 Å². The van der Waals surface area contributed by atoms with Gasteiger partial charge in [-0.1, -0.05) is 13.8 Å². The highest BCUT2D eigenvalue weighted by Crippen LogP contribution is 2.29. The molecule has 1 heterocycles. The van der Waals surface area contributed by atoms with Gasteiger partial charge >= 0.3 is 0 Å². The first kappa shape index (κ1) is 15.5. The Morgan fingerprint density at radius 1 is 1.33 bits per heavy atom. The normalized spacial score (nSPS) is 11.9. The van der Waals surface area contributed by atoms with E-state index in [4.69, 9.17) is 9.88 Å². The molecule has 6 nitrogen and oxygen atoms in total. The molecule has 0 atom stereocenters. The van der Waals surface area contributed by atoms with Gasteiger partial charge in [0.1, 0.15) is 12.4 Å². The van der Waals surface area contributed by atoms with Gasteiger partial charge in [-0.25, -0.2) is 13.6 Å². The topological polar surface area (TPSA) is 87.2 Å². The molecule has 0 amide bonds. The second kappa shape index (κ2) is 5.87. The van der Waals surface area contributed by atoms with Crippen molar-refractivity contribution in [2.75, 3.05) is 0 Å². The third-order valence-electron chi connectivity index (χ3n) is 3.08. The zero-order valence-electron chi connectivity index (χ0n) is 12.3. The van der Waals surface area contributed by atoms with E-state index in [2.05, 4.69) is 5.10 Å². The Labute approximate surface area is 124 Å². The number of hydrogen-bond donors (Lipinski definition) is 1. The van der Waals surface area contributed by atoms with Gasteiger partial charge in [0.2, 0.25) is 10.0 Å². The predicted molar refractivity (Wildman–Crippen MR) is 79.4 cm³/mol. The number of rotatable bonds is 5.